The summed E-state index contributed by atoms with van der Waals surface area (Å²) in [5.74, 6) is -0.899. The minimum Gasteiger partial charge on any atom is -0.369 e. The molecule has 1 aliphatic heterocycles. The molecule has 0 atom stereocenters. The quantitative estimate of drug-likeness (QED) is 0.380. The summed E-state index contributed by atoms with van der Waals surface area (Å²) in [6.07, 6.45) is 0.304. The molecule has 1 aromatic rings. The van der Waals surface area contributed by atoms with E-state index in [0.717, 1.165) is 24.8 Å². The number of nitrogens with one attached hydrogen (secondary N) is 1. The molecule has 1 saturated heterocycles. The maximum Gasteiger partial charge on any atom is 0.360 e. The molecule has 0 radical (unpaired) electrons. The van der Waals surface area contributed by atoms with Gasteiger partial charge in [0.15, 0.2) is 0 Å². The third-order valence-electron chi connectivity index (χ3n) is 4.60. The molecule has 30 heavy (non-hydrogen) atoms. The van der Waals surface area contributed by atoms with Crippen molar-refractivity contribution in [1.82, 2.24) is 8.43 Å². The first-order chi connectivity index (χ1) is 14.0. The number of unbranched alkanes of at least 4 members (excludes halogenated alkanes) is 1. The van der Waals surface area contributed by atoms with Crippen molar-refractivity contribution >= 4 is 37.7 Å². The van der Waals surface area contributed by atoms with Gasteiger partial charge in [-0.2, -0.15) is 17.2 Å². The van der Waals surface area contributed by atoms with Gasteiger partial charge in [-0.25, -0.2) is 21.2 Å². The van der Waals surface area contributed by atoms with Gasteiger partial charge in [-0.05, 0) is 30.7 Å². The normalized spacial score (nSPS) is 16.7. The molecule has 0 aliphatic carbocycles. The van der Waals surface area contributed by atoms with Crippen molar-refractivity contribution in [3.63, 3.8) is 0 Å². The Bertz CT molecular complexity index is 889. The van der Waals surface area contributed by atoms with Gasteiger partial charge in [0.05, 0.1) is 5.75 Å². The lowest BCUT2D eigenvalue weighted by molar-refractivity contribution is 0.0795. The maximum absolute atomic E-state index is 14.4. The van der Waals surface area contributed by atoms with Crippen LogP contribution in [-0.4, -0.2) is 64.1 Å². The Morgan fingerprint density at radius 2 is 1.67 bits per heavy atom. The maximum atomic E-state index is 14.4. The molecule has 0 bridgehead atoms. The third-order valence-corrected chi connectivity index (χ3v) is 9.32. The summed E-state index contributed by atoms with van der Waals surface area (Å²) in [5.41, 5.74) is 0.665. The summed E-state index contributed by atoms with van der Waals surface area (Å²) in [6, 6.07) is 5.60. The lowest BCUT2D eigenvalue weighted by atomic mass is 10.2. The van der Waals surface area contributed by atoms with Gasteiger partial charge >= 0.3 is 5.25 Å². The summed E-state index contributed by atoms with van der Waals surface area (Å²) < 4.78 is 93.2. The van der Waals surface area contributed by atoms with Crippen molar-refractivity contribution in [2.75, 3.05) is 42.6 Å². The van der Waals surface area contributed by atoms with Crippen LogP contribution in [0.5, 0.6) is 0 Å². The van der Waals surface area contributed by atoms with Crippen LogP contribution >= 0.6 is 11.9 Å². The van der Waals surface area contributed by atoms with E-state index in [0.29, 0.717) is 15.7 Å². The van der Waals surface area contributed by atoms with Crippen molar-refractivity contribution in [3.05, 3.63) is 30.1 Å². The van der Waals surface area contributed by atoms with Crippen molar-refractivity contribution in [3.8, 4) is 0 Å². The van der Waals surface area contributed by atoms with Crippen molar-refractivity contribution in [1.29, 1.82) is 0 Å². The molecule has 1 N–H and O–H groups in total. The fourth-order valence-electron chi connectivity index (χ4n) is 2.80. The second-order valence-corrected chi connectivity index (χ2v) is 11.9. The average Bonchev–Trinajstić information content (AvgIpc) is 2.70. The number of nitrogens with zero attached hydrogens (tertiary/aromatic N) is 2. The number of sulfonamides is 2. The van der Waals surface area contributed by atoms with Crippen LogP contribution in [0, 0.1) is 5.82 Å². The van der Waals surface area contributed by atoms with E-state index in [1.807, 2.05) is 6.92 Å². The van der Waals surface area contributed by atoms with Gasteiger partial charge in [-0.1, -0.05) is 25.3 Å². The zero-order valence-corrected chi connectivity index (χ0v) is 19.0. The van der Waals surface area contributed by atoms with Crippen molar-refractivity contribution in [2.24, 2.45) is 0 Å². The van der Waals surface area contributed by atoms with E-state index in [1.165, 1.54) is 24.3 Å². The Labute approximate surface area is 180 Å². The molecule has 1 aromatic carbocycles. The Balaban J connectivity index is 1.92. The molecule has 1 heterocycles. The molecule has 0 saturated carbocycles. The Morgan fingerprint density at radius 1 is 1.07 bits per heavy atom. The highest BCUT2D eigenvalue weighted by Crippen LogP contribution is 2.31. The predicted octanol–water partition coefficient (Wildman–Crippen LogP) is 2.63. The summed E-state index contributed by atoms with van der Waals surface area (Å²) >= 11 is 0.898. The largest absolute Gasteiger partial charge is 0.369 e. The first-order valence-corrected chi connectivity index (χ1v) is 13.6. The molecule has 0 amide bonds. The topological polar surface area (TPSA) is 86.8 Å². The molecular formula is C17H26F3N3O4S3. The SMILES string of the molecule is CCCCSNS(=O)(=O)CCC(F)(F)S(=O)(=O)N1CCN(c2ccc(F)cc2)CC1. The van der Waals surface area contributed by atoms with E-state index in [4.69, 9.17) is 0 Å². The van der Waals surface area contributed by atoms with Gasteiger partial charge < -0.3 is 4.90 Å². The summed E-state index contributed by atoms with van der Waals surface area (Å²) in [4.78, 5) is 1.77. The molecule has 1 aliphatic rings. The van der Waals surface area contributed by atoms with Gasteiger partial charge in [-0.15, -0.1) is 0 Å². The zero-order chi connectivity index (χ0) is 22.4. The lowest BCUT2D eigenvalue weighted by Crippen LogP contribution is -2.53. The smallest absolute Gasteiger partial charge is 0.360 e. The first kappa shape index (κ1) is 25.2. The van der Waals surface area contributed by atoms with Crippen LogP contribution in [-0.2, 0) is 20.0 Å². The Morgan fingerprint density at radius 3 is 2.23 bits per heavy atom. The molecule has 0 spiro atoms. The van der Waals surface area contributed by atoms with E-state index in [9.17, 15) is 30.0 Å². The van der Waals surface area contributed by atoms with Gasteiger partial charge in [0, 0.05) is 44.0 Å². The molecule has 7 nitrogen and oxygen atoms in total. The van der Waals surface area contributed by atoms with E-state index >= 15 is 0 Å². The summed E-state index contributed by atoms with van der Waals surface area (Å²) in [7, 11) is -9.03. The standard InChI is InChI=1S/C17H26F3N3O4S3/c1-2-3-13-28-21-29(24,25)14-8-17(19,20)30(26,27)23-11-9-22(10-12-23)16-6-4-15(18)5-7-16/h4-7,21H,2-3,8-14H2,1H3. The van der Waals surface area contributed by atoms with Crippen LogP contribution in [0.1, 0.15) is 26.2 Å². The fraction of sp³-hybridized carbons (Fsp3) is 0.647. The van der Waals surface area contributed by atoms with E-state index in [-0.39, 0.29) is 26.2 Å². The minimum atomic E-state index is -5.01. The number of benzene rings is 1. The van der Waals surface area contributed by atoms with Crippen LogP contribution in [0.4, 0.5) is 18.9 Å². The minimum absolute atomic E-state index is 0.162. The number of anilines is 1. The van der Waals surface area contributed by atoms with Crippen LogP contribution < -0.4 is 9.03 Å². The second kappa shape index (κ2) is 10.5. The number of hydrogen-bond donors (Lipinski definition) is 1. The monoisotopic (exact) mass is 489 g/mol. The highest BCUT2D eigenvalue weighted by molar-refractivity contribution is 8.09. The zero-order valence-electron chi connectivity index (χ0n) is 16.6. The van der Waals surface area contributed by atoms with Crippen molar-refractivity contribution < 1.29 is 30.0 Å². The van der Waals surface area contributed by atoms with E-state index in [2.05, 4.69) is 4.13 Å². The molecule has 172 valence electrons. The molecular weight excluding hydrogens is 463 g/mol. The van der Waals surface area contributed by atoms with Gasteiger partial charge in [0.25, 0.3) is 10.0 Å². The molecule has 0 unspecified atom stereocenters. The van der Waals surface area contributed by atoms with E-state index in [1.54, 1.807) is 4.90 Å². The molecule has 0 aromatic heterocycles. The average molecular weight is 490 g/mol. The number of hydrogen-bond acceptors (Lipinski definition) is 6. The van der Waals surface area contributed by atoms with Crippen LogP contribution in [0.15, 0.2) is 24.3 Å². The summed E-state index contributed by atoms with van der Waals surface area (Å²) in [5, 5.41) is -4.20. The molecule has 13 heteroatoms. The van der Waals surface area contributed by atoms with E-state index < -0.39 is 43.3 Å². The number of rotatable bonds is 11. The number of alkyl halides is 2. The van der Waals surface area contributed by atoms with Crippen LogP contribution in [0.25, 0.3) is 0 Å². The first-order valence-electron chi connectivity index (χ1n) is 9.48. The summed E-state index contributed by atoms with van der Waals surface area (Å²) in [6.45, 7) is 1.91. The second-order valence-electron chi connectivity index (χ2n) is 6.86. The van der Waals surface area contributed by atoms with Gasteiger partial charge in [0.2, 0.25) is 10.0 Å². The lowest BCUT2D eigenvalue weighted by Gasteiger charge is -2.36. The highest BCUT2D eigenvalue weighted by atomic mass is 32.3. The van der Waals surface area contributed by atoms with Crippen molar-refractivity contribution in [2.45, 2.75) is 31.4 Å². The highest BCUT2D eigenvalue weighted by Gasteiger charge is 2.49. The molecule has 1 fully saturated rings. The van der Waals surface area contributed by atoms with Gasteiger partial charge in [0.1, 0.15) is 5.82 Å². The molecule has 2 rings (SSSR count). The predicted molar refractivity (Wildman–Crippen MR) is 113 cm³/mol. The van der Waals surface area contributed by atoms with Gasteiger partial charge in [-0.3, -0.25) is 0 Å². The third kappa shape index (κ3) is 6.74. The van der Waals surface area contributed by atoms with Crippen LogP contribution in [0.2, 0.25) is 0 Å². The fourth-order valence-corrected chi connectivity index (χ4v) is 6.65. The van der Waals surface area contributed by atoms with Crippen LogP contribution in [0.3, 0.4) is 0 Å². The number of halogens is 3. The Kier molecular flexibility index (Phi) is 8.86. The number of piperazine rings is 1. The Hall–Kier alpha value is -1.02.